The van der Waals surface area contributed by atoms with Crippen molar-refractivity contribution in [3.63, 3.8) is 0 Å². The van der Waals surface area contributed by atoms with Gasteiger partial charge in [0, 0.05) is 0 Å². The molecular weight excluding hydrogens is 321 g/mol. The minimum absolute atomic E-state index is 0.454. The minimum atomic E-state index is -1.39. The first-order valence-corrected chi connectivity index (χ1v) is 9.63. The third-order valence-corrected chi connectivity index (χ3v) is 5.87. The minimum Gasteiger partial charge on any atom is -0.204 e. The van der Waals surface area contributed by atoms with Crippen LogP contribution in [-0.2, 0) is 0 Å². The lowest BCUT2D eigenvalue weighted by atomic mass is 9.74. The van der Waals surface area contributed by atoms with E-state index in [-0.39, 0.29) is 0 Å². The van der Waals surface area contributed by atoms with Crippen molar-refractivity contribution in [3.05, 3.63) is 52.9 Å². The molecule has 0 unspecified atom stereocenters. The van der Waals surface area contributed by atoms with Crippen molar-refractivity contribution >= 4 is 5.57 Å². The van der Waals surface area contributed by atoms with Crippen molar-refractivity contribution in [1.82, 2.24) is 0 Å². The molecule has 1 saturated carbocycles. The van der Waals surface area contributed by atoms with E-state index in [2.05, 4.69) is 13.0 Å². The number of halogens is 3. The molecule has 0 aliphatic heterocycles. The number of benzene rings is 1. The van der Waals surface area contributed by atoms with Crippen molar-refractivity contribution in [3.8, 4) is 0 Å². The van der Waals surface area contributed by atoms with Gasteiger partial charge in [-0.25, -0.2) is 13.2 Å². The van der Waals surface area contributed by atoms with E-state index in [0.717, 1.165) is 36.5 Å². The Morgan fingerprint density at radius 3 is 2.16 bits per heavy atom. The fraction of sp³-hybridized carbons (Fsp3) is 0.545. The van der Waals surface area contributed by atoms with Crippen LogP contribution in [0, 0.1) is 29.3 Å². The second kappa shape index (κ2) is 8.25. The molecule has 0 atom stereocenters. The van der Waals surface area contributed by atoms with E-state index >= 15 is 0 Å². The smallest absolute Gasteiger partial charge is 0.194 e. The van der Waals surface area contributed by atoms with Gasteiger partial charge in [0.1, 0.15) is 0 Å². The van der Waals surface area contributed by atoms with Gasteiger partial charge >= 0.3 is 0 Å². The predicted molar refractivity (Wildman–Crippen MR) is 96.6 cm³/mol. The van der Waals surface area contributed by atoms with E-state index in [9.17, 15) is 13.2 Å². The highest BCUT2D eigenvalue weighted by atomic mass is 19.2. The molecule has 0 bridgehead atoms. The first-order valence-electron chi connectivity index (χ1n) is 9.63. The van der Waals surface area contributed by atoms with E-state index in [4.69, 9.17) is 0 Å². The van der Waals surface area contributed by atoms with E-state index in [1.807, 2.05) is 6.08 Å². The Hall–Kier alpha value is -1.51. The number of allylic oxidation sites excluding steroid dienone is 4. The SMILES string of the molecule is CCCCC1CCC(C2=CC=C(c3cc(F)c(F)c(F)c3)CC2)CC1. The van der Waals surface area contributed by atoms with Crippen LogP contribution in [0.3, 0.4) is 0 Å². The van der Waals surface area contributed by atoms with Crippen LogP contribution in [0.2, 0.25) is 0 Å². The van der Waals surface area contributed by atoms with Crippen molar-refractivity contribution in [2.45, 2.75) is 64.7 Å². The van der Waals surface area contributed by atoms with Gasteiger partial charge in [0.15, 0.2) is 17.5 Å². The summed E-state index contributed by atoms with van der Waals surface area (Å²) in [6.45, 7) is 2.25. The third kappa shape index (κ3) is 4.37. The Morgan fingerprint density at radius 2 is 1.60 bits per heavy atom. The van der Waals surface area contributed by atoms with Crippen molar-refractivity contribution in [1.29, 1.82) is 0 Å². The number of unbranched alkanes of at least 4 members (excludes halogenated alkanes) is 1. The van der Waals surface area contributed by atoms with Gasteiger partial charge in [-0.05, 0) is 73.6 Å². The van der Waals surface area contributed by atoms with Crippen molar-refractivity contribution in [2.24, 2.45) is 11.8 Å². The second-order valence-electron chi connectivity index (χ2n) is 7.55. The molecule has 0 radical (unpaired) electrons. The zero-order chi connectivity index (χ0) is 17.8. The lowest BCUT2D eigenvalue weighted by molar-refractivity contribution is 0.280. The van der Waals surface area contributed by atoms with Crippen LogP contribution in [-0.4, -0.2) is 0 Å². The van der Waals surface area contributed by atoms with E-state index in [1.165, 1.54) is 50.5 Å². The standard InChI is InChI=1S/C22H27F3/c1-2-3-4-15-5-7-16(8-6-15)17-9-11-18(12-10-17)19-13-20(23)22(25)21(24)14-19/h9,11,13-16H,2-8,10,12H2,1H3. The van der Waals surface area contributed by atoms with Crippen LogP contribution in [0.1, 0.15) is 70.3 Å². The molecule has 3 heteroatoms. The Bertz CT molecular complexity index is 641. The Morgan fingerprint density at radius 1 is 0.920 bits per heavy atom. The highest BCUT2D eigenvalue weighted by Gasteiger charge is 2.24. The molecule has 0 N–H and O–H groups in total. The molecular formula is C22H27F3. The summed E-state index contributed by atoms with van der Waals surface area (Å²) in [5.74, 6) is -2.06. The van der Waals surface area contributed by atoms with Gasteiger partial charge in [-0.3, -0.25) is 0 Å². The molecule has 25 heavy (non-hydrogen) atoms. The number of hydrogen-bond acceptors (Lipinski definition) is 0. The molecule has 0 heterocycles. The van der Waals surface area contributed by atoms with Gasteiger partial charge in [0.25, 0.3) is 0 Å². The zero-order valence-corrected chi connectivity index (χ0v) is 15.0. The summed E-state index contributed by atoms with van der Waals surface area (Å²) in [4.78, 5) is 0. The molecule has 136 valence electrons. The summed E-state index contributed by atoms with van der Waals surface area (Å²) in [7, 11) is 0. The fourth-order valence-corrected chi connectivity index (χ4v) is 4.29. The van der Waals surface area contributed by atoms with Gasteiger partial charge < -0.3 is 0 Å². The fourth-order valence-electron chi connectivity index (χ4n) is 4.29. The first-order chi connectivity index (χ1) is 12.1. The molecule has 0 saturated heterocycles. The summed E-state index contributed by atoms with van der Waals surface area (Å²) in [6.07, 6.45) is 15.0. The topological polar surface area (TPSA) is 0 Å². The van der Waals surface area contributed by atoms with Crippen molar-refractivity contribution < 1.29 is 13.2 Å². The average Bonchev–Trinajstić information content (AvgIpc) is 2.64. The zero-order valence-electron chi connectivity index (χ0n) is 15.0. The molecule has 0 amide bonds. The summed E-state index contributed by atoms with van der Waals surface area (Å²) in [5.41, 5.74) is 2.81. The summed E-state index contributed by atoms with van der Waals surface area (Å²) >= 11 is 0. The molecule has 1 fully saturated rings. The lowest BCUT2D eigenvalue weighted by Gasteiger charge is -2.31. The van der Waals surface area contributed by atoms with Crippen LogP contribution in [0.25, 0.3) is 5.57 Å². The van der Waals surface area contributed by atoms with E-state index in [1.54, 1.807) is 0 Å². The molecule has 1 aromatic rings. The maximum Gasteiger partial charge on any atom is 0.194 e. The van der Waals surface area contributed by atoms with Crippen LogP contribution < -0.4 is 0 Å². The summed E-state index contributed by atoms with van der Waals surface area (Å²) < 4.78 is 40.0. The molecule has 0 nitrogen and oxygen atoms in total. The molecule has 2 aliphatic rings. The number of hydrogen-bond donors (Lipinski definition) is 0. The molecule has 1 aromatic carbocycles. The van der Waals surface area contributed by atoms with E-state index in [0.29, 0.717) is 11.5 Å². The molecule has 0 aromatic heterocycles. The van der Waals surface area contributed by atoms with Crippen molar-refractivity contribution in [2.75, 3.05) is 0 Å². The highest BCUT2D eigenvalue weighted by molar-refractivity contribution is 5.69. The Labute approximate surface area is 148 Å². The van der Waals surface area contributed by atoms with Gasteiger partial charge in [0.2, 0.25) is 0 Å². The van der Waals surface area contributed by atoms with Crippen LogP contribution in [0.5, 0.6) is 0 Å². The second-order valence-corrected chi connectivity index (χ2v) is 7.55. The predicted octanol–water partition coefficient (Wildman–Crippen LogP) is 7.20. The van der Waals surface area contributed by atoms with Gasteiger partial charge in [-0.1, -0.05) is 43.9 Å². The Kier molecular flexibility index (Phi) is 6.03. The molecule has 3 rings (SSSR count). The monoisotopic (exact) mass is 348 g/mol. The summed E-state index contributed by atoms with van der Waals surface area (Å²) in [5, 5.41) is 0. The lowest BCUT2D eigenvalue weighted by Crippen LogP contribution is -2.17. The van der Waals surface area contributed by atoms with Crippen LogP contribution >= 0.6 is 0 Å². The highest BCUT2D eigenvalue weighted by Crippen LogP contribution is 2.39. The largest absolute Gasteiger partial charge is 0.204 e. The maximum atomic E-state index is 13.4. The normalized spacial score (nSPS) is 24.0. The van der Waals surface area contributed by atoms with E-state index < -0.39 is 17.5 Å². The average molecular weight is 348 g/mol. The van der Waals surface area contributed by atoms with Gasteiger partial charge in [-0.2, -0.15) is 0 Å². The van der Waals surface area contributed by atoms with Crippen LogP contribution in [0.15, 0.2) is 29.9 Å². The maximum absolute atomic E-state index is 13.4. The molecule has 0 spiro atoms. The van der Waals surface area contributed by atoms with Gasteiger partial charge in [-0.15, -0.1) is 0 Å². The number of rotatable bonds is 5. The third-order valence-electron chi connectivity index (χ3n) is 5.87. The molecule has 2 aliphatic carbocycles. The summed E-state index contributed by atoms with van der Waals surface area (Å²) in [6, 6.07) is 2.20. The quantitative estimate of drug-likeness (QED) is 0.493. The Balaban J connectivity index is 1.64. The van der Waals surface area contributed by atoms with Crippen LogP contribution in [0.4, 0.5) is 13.2 Å². The van der Waals surface area contributed by atoms with Gasteiger partial charge in [0.05, 0.1) is 0 Å². The first kappa shape index (κ1) is 18.3.